The fourth-order valence-corrected chi connectivity index (χ4v) is 5.37. The Labute approximate surface area is 213 Å². The molecule has 0 heterocycles. The molecule has 3 aromatic rings. The molecule has 0 saturated heterocycles. The predicted molar refractivity (Wildman–Crippen MR) is 132 cm³/mol. The number of nitriles is 1. The number of rotatable bonds is 9. The van der Waals surface area contributed by atoms with Crippen molar-refractivity contribution in [1.29, 1.82) is 5.26 Å². The van der Waals surface area contributed by atoms with E-state index < -0.39 is 45.3 Å². The number of sulfone groups is 1. The second-order valence-electron chi connectivity index (χ2n) is 8.96. The summed E-state index contributed by atoms with van der Waals surface area (Å²) in [5, 5.41) is 14.0. The molecule has 1 fully saturated rings. The molecule has 0 unspecified atom stereocenters. The second-order valence-corrected chi connectivity index (χ2v) is 11.0. The van der Waals surface area contributed by atoms with E-state index in [1.165, 1.54) is 36.4 Å². The minimum absolute atomic E-state index is 0.128. The maximum Gasteiger partial charge on any atom is 0.407 e. The fourth-order valence-electron chi connectivity index (χ4n) is 3.94. The van der Waals surface area contributed by atoms with Crippen LogP contribution in [-0.4, -0.2) is 37.8 Å². The lowest BCUT2D eigenvalue weighted by molar-refractivity contribution is -0.160. The SMILES string of the molecule is N#CC1(NC(=O)[C@H](CS(=O)(=O)c2ccc(-c3ccccc3)cc2)N[C@@H](c2ccccc2)C(F)(F)F)CC1. The summed E-state index contributed by atoms with van der Waals surface area (Å²) in [6, 6.07) is 19.9. The Morgan fingerprint density at radius 1 is 0.919 bits per heavy atom. The average molecular weight is 528 g/mol. The van der Waals surface area contributed by atoms with Crippen LogP contribution in [0.1, 0.15) is 24.4 Å². The molecule has 0 spiro atoms. The number of carbonyl (C=O) groups excluding carboxylic acids is 1. The third kappa shape index (κ3) is 6.37. The predicted octanol–water partition coefficient (Wildman–Crippen LogP) is 4.56. The highest BCUT2D eigenvalue weighted by Gasteiger charge is 2.48. The zero-order chi connectivity index (χ0) is 26.7. The Morgan fingerprint density at radius 3 is 1.97 bits per heavy atom. The lowest BCUT2D eigenvalue weighted by Crippen LogP contribution is -2.54. The molecule has 1 saturated carbocycles. The van der Waals surface area contributed by atoms with Crippen molar-refractivity contribution in [3.05, 3.63) is 90.5 Å². The van der Waals surface area contributed by atoms with Crippen molar-refractivity contribution in [3.63, 3.8) is 0 Å². The fraction of sp³-hybridized carbons (Fsp3) is 0.259. The van der Waals surface area contributed by atoms with Gasteiger partial charge in [-0.15, -0.1) is 0 Å². The summed E-state index contributed by atoms with van der Waals surface area (Å²) in [5.74, 6) is -1.90. The number of alkyl halides is 3. The summed E-state index contributed by atoms with van der Waals surface area (Å²) < 4.78 is 68.5. The van der Waals surface area contributed by atoms with E-state index in [1.54, 1.807) is 18.2 Å². The molecule has 1 amide bonds. The highest BCUT2D eigenvalue weighted by molar-refractivity contribution is 7.91. The molecular formula is C27H24F3N3O3S. The molecular weight excluding hydrogens is 503 g/mol. The zero-order valence-corrected chi connectivity index (χ0v) is 20.4. The Morgan fingerprint density at radius 2 is 1.46 bits per heavy atom. The molecule has 10 heteroatoms. The minimum Gasteiger partial charge on any atom is -0.336 e. The van der Waals surface area contributed by atoms with Gasteiger partial charge in [-0.3, -0.25) is 10.1 Å². The van der Waals surface area contributed by atoms with Crippen LogP contribution < -0.4 is 10.6 Å². The van der Waals surface area contributed by atoms with E-state index in [1.807, 2.05) is 36.4 Å². The number of nitrogens with zero attached hydrogens (tertiary/aromatic N) is 1. The number of benzene rings is 3. The molecule has 0 radical (unpaired) electrons. The third-order valence-electron chi connectivity index (χ3n) is 6.18. The van der Waals surface area contributed by atoms with Gasteiger partial charge in [0.25, 0.3) is 0 Å². The van der Waals surface area contributed by atoms with Gasteiger partial charge in [-0.05, 0) is 41.7 Å². The molecule has 2 atom stereocenters. The van der Waals surface area contributed by atoms with Crippen molar-refractivity contribution in [3.8, 4) is 17.2 Å². The van der Waals surface area contributed by atoms with E-state index in [2.05, 4.69) is 10.6 Å². The van der Waals surface area contributed by atoms with Crippen LogP contribution in [-0.2, 0) is 14.6 Å². The van der Waals surface area contributed by atoms with E-state index in [0.29, 0.717) is 12.8 Å². The lowest BCUT2D eigenvalue weighted by Gasteiger charge is -2.28. The number of nitrogens with one attached hydrogen (secondary N) is 2. The maximum absolute atomic E-state index is 14.0. The van der Waals surface area contributed by atoms with Crippen LogP contribution in [0.3, 0.4) is 0 Å². The van der Waals surface area contributed by atoms with Gasteiger partial charge in [-0.1, -0.05) is 72.8 Å². The molecule has 2 N–H and O–H groups in total. The Bertz CT molecular complexity index is 1380. The number of hydrogen-bond donors (Lipinski definition) is 2. The molecule has 1 aliphatic rings. The summed E-state index contributed by atoms with van der Waals surface area (Å²) in [7, 11) is -4.19. The molecule has 37 heavy (non-hydrogen) atoms. The number of halogens is 3. The van der Waals surface area contributed by atoms with Crippen LogP contribution in [0.25, 0.3) is 11.1 Å². The molecule has 3 aromatic carbocycles. The summed E-state index contributed by atoms with van der Waals surface area (Å²) in [5.41, 5.74) is 0.280. The van der Waals surface area contributed by atoms with Gasteiger partial charge < -0.3 is 5.32 Å². The van der Waals surface area contributed by atoms with Gasteiger partial charge in [0, 0.05) is 0 Å². The van der Waals surface area contributed by atoms with Crippen molar-refractivity contribution >= 4 is 15.7 Å². The van der Waals surface area contributed by atoms with Gasteiger partial charge in [0.1, 0.15) is 17.6 Å². The van der Waals surface area contributed by atoms with Crippen LogP contribution in [0.15, 0.2) is 89.8 Å². The first kappa shape index (κ1) is 26.4. The first-order chi connectivity index (χ1) is 17.5. The van der Waals surface area contributed by atoms with Crippen molar-refractivity contribution < 1.29 is 26.4 Å². The van der Waals surface area contributed by atoms with E-state index in [4.69, 9.17) is 0 Å². The van der Waals surface area contributed by atoms with E-state index in [-0.39, 0.29) is 10.5 Å². The van der Waals surface area contributed by atoms with E-state index >= 15 is 0 Å². The Kier molecular flexibility index (Phi) is 7.39. The largest absolute Gasteiger partial charge is 0.407 e. The molecule has 0 aliphatic heterocycles. The lowest BCUT2D eigenvalue weighted by atomic mass is 10.1. The Balaban J connectivity index is 1.62. The first-order valence-electron chi connectivity index (χ1n) is 11.5. The van der Waals surface area contributed by atoms with Crippen molar-refractivity contribution in [1.82, 2.24) is 10.6 Å². The zero-order valence-electron chi connectivity index (χ0n) is 19.6. The van der Waals surface area contributed by atoms with Crippen LogP contribution >= 0.6 is 0 Å². The van der Waals surface area contributed by atoms with Gasteiger partial charge in [-0.2, -0.15) is 18.4 Å². The number of carbonyl (C=O) groups is 1. The standard InChI is InChI=1S/C27H24F3N3O3S/c28-27(29,30)24(21-9-5-2-6-10-21)32-23(25(34)33-26(18-31)15-16-26)17-37(35,36)22-13-11-20(12-14-22)19-7-3-1-4-8-19/h1-14,23-24,32H,15-17H2,(H,33,34)/t23-,24-/m0/s1. The Hall–Kier alpha value is -3.68. The molecule has 1 aliphatic carbocycles. The van der Waals surface area contributed by atoms with Gasteiger partial charge in [0.2, 0.25) is 5.91 Å². The first-order valence-corrected chi connectivity index (χ1v) is 13.2. The summed E-state index contributed by atoms with van der Waals surface area (Å²) >= 11 is 0. The second kappa shape index (κ2) is 10.4. The third-order valence-corrected chi connectivity index (χ3v) is 7.94. The molecule has 0 bridgehead atoms. The smallest absolute Gasteiger partial charge is 0.336 e. The number of hydrogen-bond acceptors (Lipinski definition) is 5. The normalized spacial score (nSPS) is 16.3. The molecule has 6 nitrogen and oxygen atoms in total. The van der Waals surface area contributed by atoms with Crippen molar-refractivity contribution in [2.75, 3.05) is 5.75 Å². The average Bonchev–Trinajstić information content (AvgIpc) is 3.66. The van der Waals surface area contributed by atoms with Gasteiger partial charge in [0.05, 0.1) is 16.7 Å². The summed E-state index contributed by atoms with van der Waals surface area (Å²) in [6.07, 6.45) is -4.12. The van der Waals surface area contributed by atoms with Crippen LogP contribution in [0, 0.1) is 11.3 Å². The summed E-state index contributed by atoms with van der Waals surface area (Å²) in [6.45, 7) is 0. The monoisotopic (exact) mass is 527 g/mol. The van der Waals surface area contributed by atoms with Crippen LogP contribution in [0.2, 0.25) is 0 Å². The molecule has 4 rings (SSSR count). The van der Waals surface area contributed by atoms with Crippen molar-refractivity contribution in [2.24, 2.45) is 0 Å². The van der Waals surface area contributed by atoms with Crippen LogP contribution in [0.4, 0.5) is 13.2 Å². The maximum atomic E-state index is 14.0. The molecule has 192 valence electrons. The van der Waals surface area contributed by atoms with Gasteiger partial charge in [-0.25, -0.2) is 8.42 Å². The van der Waals surface area contributed by atoms with Crippen LogP contribution in [0.5, 0.6) is 0 Å². The van der Waals surface area contributed by atoms with E-state index in [9.17, 15) is 31.6 Å². The van der Waals surface area contributed by atoms with Gasteiger partial charge >= 0.3 is 6.18 Å². The highest BCUT2D eigenvalue weighted by atomic mass is 32.2. The number of amides is 1. The minimum atomic E-state index is -4.81. The van der Waals surface area contributed by atoms with E-state index in [0.717, 1.165) is 11.1 Å². The topological polar surface area (TPSA) is 99.1 Å². The quantitative estimate of drug-likeness (QED) is 0.425. The van der Waals surface area contributed by atoms with Gasteiger partial charge in [0.15, 0.2) is 9.84 Å². The summed E-state index contributed by atoms with van der Waals surface area (Å²) in [4.78, 5) is 12.9. The van der Waals surface area contributed by atoms with Crippen molar-refractivity contribution in [2.45, 2.75) is 41.5 Å². The molecule has 0 aromatic heterocycles. The highest BCUT2D eigenvalue weighted by Crippen LogP contribution is 2.36.